The van der Waals surface area contributed by atoms with Gasteiger partial charge in [-0.15, -0.1) is 0 Å². The molecule has 0 aliphatic carbocycles. The first kappa shape index (κ1) is 4.47. The third kappa shape index (κ3) is 3.47. The summed E-state index contributed by atoms with van der Waals surface area (Å²) in [4.78, 5) is 11.9. The van der Waals surface area contributed by atoms with E-state index in [0.29, 0.717) is 0 Å². The molecule has 0 aromatic heterocycles. The van der Waals surface area contributed by atoms with Gasteiger partial charge >= 0.3 is 0 Å². The molecule has 0 aromatic rings. The summed E-state index contributed by atoms with van der Waals surface area (Å²) in [7, 11) is 0. The highest BCUT2D eigenvalue weighted by molar-refractivity contribution is 7.78. The molecule has 0 aliphatic heterocycles. The molecule has 0 N–H and O–H groups in total. The van der Waals surface area contributed by atoms with E-state index in [1.165, 1.54) is 6.08 Å². The van der Waals surface area contributed by atoms with Crippen LogP contribution >= 0.6 is 12.2 Å². The number of hydrogen-bond acceptors (Lipinski definition) is 2. The van der Waals surface area contributed by atoms with E-state index in [-0.39, 0.29) is 0 Å². The minimum absolute atomic E-state index is 0.965. The second kappa shape index (κ2) is 3.47. The maximum atomic E-state index is 9.02. The van der Waals surface area contributed by atoms with Crippen LogP contribution in [0.5, 0.6) is 0 Å². The van der Waals surface area contributed by atoms with Crippen molar-refractivity contribution in [2.24, 2.45) is 4.99 Å². The number of aliphatic imine (C=N–C) groups is 1. The summed E-state index contributed by atoms with van der Waals surface area (Å²) in [5.41, 5.74) is 0.965. The van der Waals surface area contributed by atoms with Crippen LogP contribution in [0.2, 0.25) is 0 Å². The number of hydrogen-bond donors (Lipinski definition) is 0. The quantitative estimate of drug-likeness (QED) is 0.261. The minimum Gasteiger partial charge on any atom is -0.211 e. The van der Waals surface area contributed by atoms with Gasteiger partial charge in [0.25, 0.3) is 0 Å². The molecule has 5 heavy (non-hydrogen) atoms. The normalized spacial score (nSPS) is 4.80. The van der Waals surface area contributed by atoms with E-state index in [4.69, 9.17) is 4.79 Å². The second-order valence-electron chi connectivity index (χ2n) is 0.326. The minimum atomic E-state index is 0.965. The second-order valence-corrected chi connectivity index (χ2v) is 0.537. The molecule has 0 saturated carbocycles. The van der Waals surface area contributed by atoms with E-state index in [9.17, 15) is 0 Å². The van der Waals surface area contributed by atoms with Gasteiger partial charge in [0, 0.05) is 0 Å². The molecule has 0 rings (SSSR count). The maximum absolute atomic E-state index is 9.02. The van der Waals surface area contributed by atoms with Crippen molar-refractivity contribution in [1.29, 1.82) is 0 Å². The van der Waals surface area contributed by atoms with Crippen LogP contribution in [0.1, 0.15) is 0 Å². The van der Waals surface area contributed by atoms with Crippen LogP contribution in [-0.2, 0) is 4.79 Å². The van der Waals surface area contributed by atoms with Crippen molar-refractivity contribution in [3.8, 4) is 0 Å². The Morgan fingerprint density at radius 1 is 2.00 bits per heavy atom. The molecule has 0 fully saturated rings. The van der Waals surface area contributed by atoms with Crippen LogP contribution in [0.25, 0.3) is 0 Å². The molecule has 0 radical (unpaired) electrons. The molecule has 0 unspecified atom stereocenters. The molecule has 0 aliphatic rings. The lowest BCUT2D eigenvalue weighted by Crippen LogP contribution is -1.47. The highest BCUT2D eigenvalue weighted by Crippen LogP contribution is 1.45. The average molecular weight is 87.1 g/mol. The summed E-state index contributed by atoms with van der Waals surface area (Å²) in [6.45, 7) is 0. The van der Waals surface area contributed by atoms with E-state index in [1.807, 2.05) is 0 Å². The number of rotatable bonds is 1. The summed E-state index contributed by atoms with van der Waals surface area (Å²) < 4.78 is 0. The van der Waals surface area contributed by atoms with E-state index in [2.05, 4.69) is 17.2 Å². The predicted molar refractivity (Wildman–Crippen MR) is 21.8 cm³/mol. The topological polar surface area (TPSA) is 29.4 Å². The van der Waals surface area contributed by atoms with Crippen LogP contribution < -0.4 is 0 Å². The fourth-order valence-corrected chi connectivity index (χ4v) is 0.0645. The van der Waals surface area contributed by atoms with Gasteiger partial charge < -0.3 is 0 Å². The Kier molecular flexibility index (Phi) is 3.10. The van der Waals surface area contributed by atoms with Gasteiger partial charge in [0.05, 0.1) is 0 Å². The Hall–Kier alpha value is -0.530. The zero-order valence-electron chi connectivity index (χ0n) is 2.34. The van der Waals surface area contributed by atoms with Gasteiger partial charge in [-0.3, -0.25) is 0 Å². The van der Waals surface area contributed by atoms with Crippen LogP contribution in [0.3, 0.4) is 0 Å². The Morgan fingerprint density at radius 2 is 2.60 bits per heavy atom. The van der Waals surface area contributed by atoms with Gasteiger partial charge in [-0.1, -0.05) is 12.2 Å². The third-order valence-electron chi connectivity index (χ3n) is 0.105. The molecule has 0 atom stereocenters. The number of isocyanates is 1. The standard InChI is InChI=1S/C2HNOS/c4-1-3-2-5/h2H. The van der Waals surface area contributed by atoms with E-state index in [0.717, 1.165) is 5.49 Å². The van der Waals surface area contributed by atoms with Crippen LogP contribution in [0.4, 0.5) is 0 Å². The fourth-order valence-electron chi connectivity index (χ4n) is 0.0215. The summed E-state index contributed by atoms with van der Waals surface area (Å²) in [6, 6.07) is 0. The van der Waals surface area contributed by atoms with Gasteiger partial charge in [0.1, 0.15) is 5.49 Å². The zero-order chi connectivity index (χ0) is 4.12. The van der Waals surface area contributed by atoms with E-state index >= 15 is 0 Å². The summed E-state index contributed by atoms with van der Waals surface area (Å²) >= 11 is 4.10. The van der Waals surface area contributed by atoms with Crippen LogP contribution in [0.15, 0.2) is 4.99 Å². The molecular weight excluding hydrogens is 86.1 g/mol. The molecular formula is C2HNOS. The molecule has 0 aromatic carbocycles. The largest absolute Gasteiger partial charge is 0.240 e. The Balaban J connectivity index is 3.31. The molecule has 0 bridgehead atoms. The highest BCUT2D eigenvalue weighted by atomic mass is 32.1. The van der Waals surface area contributed by atoms with Gasteiger partial charge in [-0.2, -0.15) is 4.99 Å². The summed E-state index contributed by atoms with van der Waals surface area (Å²) in [5, 5.41) is 0. The Bertz CT molecular complexity index is 73.7. The van der Waals surface area contributed by atoms with E-state index in [1.54, 1.807) is 0 Å². The van der Waals surface area contributed by atoms with Crippen LogP contribution in [0, 0.1) is 0 Å². The van der Waals surface area contributed by atoms with Crippen molar-refractivity contribution in [2.75, 3.05) is 0 Å². The number of thiocarbonyl (C=S) groups is 1. The number of carbonyl (C=O) groups excluding carboxylic acids is 1. The molecule has 0 amide bonds. The lowest BCUT2D eigenvalue weighted by atomic mass is 11.4. The molecule has 0 spiro atoms. The third-order valence-corrected chi connectivity index (χ3v) is 0.211. The van der Waals surface area contributed by atoms with Gasteiger partial charge in [-0.25, -0.2) is 4.79 Å². The summed E-state index contributed by atoms with van der Waals surface area (Å²) in [5.74, 6) is 0. The fraction of sp³-hybridized carbons (Fsp3) is 0. The highest BCUT2D eigenvalue weighted by Gasteiger charge is 1.42. The van der Waals surface area contributed by atoms with Gasteiger partial charge in [-0.05, 0) is 0 Å². The Morgan fingerprint density at radius 3 is 2.60 bits per heavy atom. The van der Waals surface area contributed by atoms with Gasteiger partial charge in [0.2, 0.25) is 6.08 Å². The lowest BCUT2D eigenvalue weighted by molar-refractivity contribution is 0.566. The molecule has 26 valence electrons. The predicted octanol–water partition coefficient (Wildman–Crippen LogP) is 0.279. The average Bonchev–Trinajstić information content (AvgIpc) is 1.41. The lowest BCUT2D eigenvalue weighted by Gasteiger charge is -1.42. The van der Waals surface area contributed by atoms with Gasteiger partial charge in [0.15, 0.2) is 0 Å². The van der Waals surface area contributed by atoms with Crippen molar-refractivity contribution in [3.05, 3.63) is 0 Å². The van der Waals surface area contributed by atoms with Crippen molar-refractivity contribution in [2.45, 2.75) is 0 Å². The van der Waals surface area contributed by atoms with E-state index < -0.39 is 0 Å². The molecule has 2 nitrogen and oxygen atoms in total. The molecule has 0 saturated heterocycles. The zero-order valence-corrected chi connectivity index (χ0v) is 3.16. The smallest absolute Gasteiger partial charge is 0.211 e. The Labute approximate surface area is 34.5 Å². The number of nitrogens with zero attached hydrogens (tertiary/aromatic N) is 1. The van der Waals surface area contributed by atoms with Crippen molar-refractivity contribution in [3.63, 3.8) is 0 Å². The van der Waals surface area contributed by atoms with Crippen molar-refractivity contribution < 1.29 is 4.79 Å². The molecule has 0 heterocycles. The first-order valence-corrected chi connectivity index (χ1v) is 1.39. The first-order chi connectivity index (χ1) is 2.41. The molecule has 3 heteroatoms. The van der Waals surface area contributed by atoms with Crippen molar-refractivity contribution in [1.82, 2.24) is 0 Å². The monoisotopic (exact) mass is 87.0 g/mol. The van der Waals surface area contributed by atoms with Crippen LogP contribution in [-0.4, -0.2) is 11.6 Å². The SMILES string of the molecule is O=C=NC=S. The maximum Gasteiger partial charge on any atom is 0.240 e. The summed E-state index contributed by atoms with van der Waals surface area (Å²) in [6.07, 6.45) is 1.23. The van der Waals surface area contributed by atoms with Crippen molar-refractivity contribution >= 4 is 23.8 Å². The first-order valence-electron chi connectivity index (χ1n) is 0.922.